The highest BCUT2D eigenvalue weighted by Crippen LogP contribution is 2.10. The van der Waals surface area contributed by atoms with Crippen LogP contribution in [-0.2, 0) is 0 Å². The second-order valence-corrected chi connectivity index (χ2v) is 3.51. The lowest BCUT2D eigenvalue weighted by Crippen LogP contribution is -2.15. The zero-order valence-electron chi connectivity index (χ0n) is 8.36. The van der Waals surface area contributed by atoms with Crippen molar-refractivity contribution in [2.45, 2.75) is 6.92 Å². The number of anilines is 1. The van der Waals surface area contributed by atoms with Gasteiger partial charge >= 0.3 is 0 Å². The number of halogens is 1. The predicted octanol–water partition coefficient (Wildman–Crippen LogP) is 1.41. The van der Waals surface area contributed by atoms with Gasteiger partial charge in [0.05, 0.1) is 6.20 Å². The van der Waals surface area contributed by atoms with Crippen molar-refractivity contribution in [2.75, 3.05) is 5.32 Å². The average molecular weight is 238 g/mol. The molecule has 2 N–H and O–H groups in total. The molecule has 2 aromatic rings. The molecule has 2 heterocycles. The minimum Gasteiger partial charge on any atom is -0.305 e. The van der Waals surface area contributed by atoms with Crippen LogP contribution in [0.25, 0.3) is 0 Å². The highest BCUT2D eigenvalue weighted by atomic mass is 35.5. The number of carbonyl (C=O) groups excluding carboxylic acids is 1. The molecule has 0 aromatic carbocycles. The van der Waals surface area contributed by atoms with Gasteiger partial charge in [0, 0.05) is 5.56 Å². The van der Waals surface area contributed by atoms with Crippen LogP contribution in [0.15, 0.2) is 18.3 Å². The molecule has 16 heavy (non-hydrogen) atoms. The lowest BCUT2D eigenvalue weighted by molar-refractivity contribution is 0.102. The molecule has 0 aliphatic carbocycles. The molecule has 2 rings (SSSR count). The Labute approximate surface area is 96.0 Å². The summed E-state index contributed by atoms with van der Waals surface area (Å²) >= 11 is 5.56. The molecule has 0 spiro atoms. The van der Waals surface area contributed by atoms with Crippen molar-refractivity contribution in [3.05, 3.63) is 34.7 Å². The summed E-state index contributed by atoms with van der Waals surface area (Å²) in [6, 6.07) is 3.00. The molecule has 0 unspecified atom stereocenters. The van der Waals surface area contributed by atoms with E-state index in [4.69, 9.17) is 11.6 Å². The van der Waals surface area contributed by atoms with E-state index in [-0.39, 0.29) is 16.8 Å². The first-order chi connectivity index (χ1) is 7.66. The molecule has 6 nitrogen and oxygen atoms in total. The number of carbonyl (C=O) groups is 1. The SMILES string of the molecule is Cc1cn[nH]c1NC(=O)c1ccc(Cl)nn1. The van der Waals surface area contributed by atoms with Crippen LogP contribution < -0.4 is 5.32 Å². The van der Waals surface area contributed by atoms with Gasteiger partial charge in [-0.2, -0.15) is 5.10 Å². The van der Waals surface area contributed by atoms with Gasteiger partial charge in [-0.05, 0) is 19.1 Å². The molecule has 82 valence electrons. The molecule has 0 radical (unpaired) electrons. The van der Waals surface area contributed by atoms with Crippen molar-refractivity contribution >= 4 is 23.3 Å². The lowest BCUT2D eigenvalue weighted by atomic mass is 10.3. The first kappa shape index (κ1) is 10.6. The van der Waals surface area contributed by atoms with E-state index in [0.29, 0.717) is 5.82 Å². The molecular weight excluding hydrogens is 230 g/mol. The van der Waals surface area contributed by atoms with Gasteiger partial charge in [0.25, 0.3) is 5.91 Å². The minimum absolute atomic E-state index is 0.193. The van der Waals surface area contributed by atoms with Crippen LogP contribution in [-0.4, -0.2) is 26.3 Å². The molecule has 0 atom stereocenters. The van der Waals surface area contributed by atoms with Crippen LogP contribution in [0.1, 0.15) is 16.1 Å². The van der Waals surface area contributed by atoms with Gasteiger partial charge < -0.3 is 5.32 Å². The van der Waals surface area contributed by atoms with E-state index in [0.717, 1.165) is 5.56 Å². The molecule has 0 saturated carbocycles. The second kappa shape index (κ2) is 4.28. The molecule has 1 amide bonds. The number of nitrogens with zero attached hydrogens (tertiary/aromatic N) is 3. The predicted molar refractivity (Wildman–Crippen MR) is 58.3 cm³/mol. The van der Waals surface area contributed by atoms with Crippen molar-refractivity contribution in [1.29, 1.82) is 0 Å². The topological polar surface area (TPSA) is 83.6 Å². The number of aryl methyl sites for hydroxylation is 1. The molecule has 0 bridgehead atoms. The number of aromatic nitrogens is 4. The number of amides is 1. The minimum atomic E-state index is -0.364. The highest BCUT2D eigenvalue weighted by molar-refractivity contribution is 6.29. The van der Waals surface area contributed by atoms with Crippen molar-refractivity contribution in [1.82, 2.24) is 20.4 Å². The monoisotopic (exact) mass is 237 g/mol. The van der Waals surface area contributed by atoms with E-state index in [1.54, 1.807) is 6.20 Å². The molecule has 0 fully saturated rings. The van der Waals surface area contributed by atoms with Gasteiger partial charge in [0.2, 0.25) is 0 Å². The molecule has 7 heteroatoms. The van der Waals surface area contributed by atoms with E-state index in [1.165, 1.54) is 12.1 Å². The summed E-state index contributed by atoms with van der Waals surface area (Å²) in [5.74, 6) is 0.179. The summed E-state index contributed by atoms with van der Waals surface area (Å²) in [5.41, 5.74) is 1.04. The van der Waals surface area contributed by atoms with E-state index < -0.39 is 0 Å². The molecule has 0 aliphatic rings. The molecule has 0 saturated heterocycles. The summed E-state index contributed by atoms with van der Waals surface area (Å²) in [7, 11) is 0. The Morgan fingerprint density at radius 2 is 2.25 bits per heavy atom. The number of nitrogens with one attached hydrogen (secondary N) is 2. The summed E-state index contributed by atoms with van der Waals surface area (Å²) in [4.78, 5) is 11.7. The van der Waals surface area contributed by atoms with Crippen molar-refractivity contribution in [3.63, 3.8) is 0 Å². The third-order valence-electron chi connectivity index (χ3n) is 1.93. The summed E-state index contributed by atoms with van der Waals surface area (Å²) in [5, 5.41) is 16.6. The van der Waals surface area contributed by atoms with Gasteiger partial charge in [-0.15, -0.1) is 10.2 Å². The maximum Gasteiger partial charge on any atom is 0.277 e. The van der Waals surface area contributed by atoms with Crippen LogP contribution in [0.4, 0.5) is 5.82 Å². The van der Waals surface area contributed by atoms with Crippen LogP contribution in [0.5, 0.6) is 0 Å². The largest absolute Gasteiger partial charge is 0.305 e. The number of rotatable bonds is 2. The van der Waals surface area contributed by atoms with Crippen molar-refractivity contribution < 1.29 is 4.79 Å². The smallest absolute Gasteiger partial charge is 0.277 e. The summed E-state index contributed by atoms with van der Waals surface area (Å²) < 4.78 is 0. The van der Waals surface area contributed by atoms with Crippen LogP contribution in [0.3, 0.4) is 0 Å². The van der Waals surface area contributed by atoms with Gasteiger partial charge in [0.15, 0.2) is 10.8 Å². The highest BCUT2D eigenvalue weighted by Gasteiger charge is 2.10. The molecule has 2 aromatic heterocycles. The van der Waals surface area contributed by atoms with Crippen LogP contribution in [0, 0.1) is 6.92 Å². The van der Waals surface area contributed by atoms with Crippen LogP contribution >= 0.6 is 11.6 Å². The van der Waals surface area contributed by atoms with E-state index in [9.17, 15) is 4.79 Å². The van der Waals surface area contributed by atoms with Gasteiger partial charge in [-0.3, -0.25) is 9.89 Å². The van der Waals surface area contributed by atoms with Crippen molar-refractivity contribution in [3.8, 4) is 0 Å². The number of H-pyrrole nitrogens is 1. The van der Waals surface area contributed by atoms with E-state index in [2.05, 4.69) is 25.7 Å². The Hall–Kier alpha value is -1.95. The van der Waals surface area contributed by atoms with Crippen molar-refractivity contribution in [2.24, 2.45) is 0 Å². The normalized spacial score (nSPS) is 10.1. The van der Waals surface area contributed by atoms with Gasteiger partial charge in [-0.1, -0.05) is 11.6 Å². The third kappa shape index (κ3) is 2.17. The van der Waals surface area contributed by atoms with E-state index in [1.807, 2.05) is 6.92 Å². The van der Waals surface area contributed by atoms with Gasteiger partial charge in [-0.25, -0.2) is 0 Å². The Bertz CT molecular complexity index is 507. The van der Waals surface area contributed by atoms with E-state index >= 15 is 0 Å². The lowest BCUT2D eigenvalue weighted by Gasteiger charge is -2.01. The average Bonchev–Trinajstić information content (AvgIpc) is 2.65. The fraction of sp³-hybridized carbons (Fsp3) is 0.111. The zero-order chi connectivity index (χ0) is 11.5. The molecular formula is C9H8ClN5O. The fourth-order valence-electron chi connectivity index (χ4n) is 1.09. The number of hydrogen-bond donors (Lipinski definition) is 2. The second-order valence-electron chi connectivity index (χ2n) is 3.12. The maximum atomic E-state index is 11.7. The summed E-state index contributed by atoms with van der Waals surface area (Å²) in [6.07, 6.45) is 1.61. The van der Waals surface area contributed by atoms with Gasteiger partial charge in [0.1, 0.15) is 5.82 Å². The third-order valence-corrected chi connectivity index (χ3v) is 2.13. The summed E-state index contributed by atoms with van der Waals surface area (Å²) in [6.45, 7) is 1.83. The fourth-order valence-corrected chi connectivity index (χ4v) is 1.19. The quantitative estimate of drug-likeness (QED) is 0.827. The number of hydrogen-bond acceptors (Lipinski definition) is 4. The Kier molecular flexibility index (Phi) is 2.82. The van der Waals surface area contributed by atoms with Crippen LogP contribution in [0.2, 0.25) is 5.15 Å². The Morgan fingerprint density at radius 3 is 2.81 bits per heavy atom. The Balaban J connectivity index is 2.15. The maximum absolute atomic E-state index is 11.7. The Morgan fingerprint density at radius 1 is 1.44 bits per heavy atom. The first-order valence-electron chi connectivity index (χ1n) is 4.47. The standard InChI is InChI=1S/C9H8ClN5O/c1-5-4-11-15-8(5)12-9(16)6-2-3-7(10)14-13-6/h2-4H,1H3,(H2,11,12,15,16). The first-order valence-corrected chi connectivity index (χ1v) is 4.85. The number of aromatic amines is 1. The molecule has 0 aliphatic heterocycles. The zero-order valence-corrected chi connectivity index (χ0v) is 9.12.